The van der Waals surface area contributed by atoms with Gasteiger partial charge in [-0.3, -0.25) is 9.69 Å². The van der Waals surface area contributed by atoms with Crippen molar-refractivity contribution in [1.29, 1.82) is 0 Å². The molecule has 28 heavy (non-hydrogen) atoms. The van der Waals surface area contributed by atoms with Crippen LogP contribution in [0.3, 0.4) is 0 Å². The van der Waals surface area contributed by atoms with Crippen molar-refractivity contribution < 1.29 is 13.2 Å². The number of primary sulfonamides is 1. The van der Waals surface area contributed by atoms with Crippen LogP contribution < -0.4 is 10.5 Å². The number of piperidine rings is 1. The maximum absolute atomic E-state index is 12.6. The maximum Gasteiger partial charge on any atom is 0.252 e. The molecule has 2 aromatic carbocycles. The highest BCUT2D eigenvalue weighted by molar-refractivity contribution is 9.10. The summed E-state index contributed by atoms with van der Waals surface area (Å²) in [6.07, 6.45) is 1.65. The van der Waals surface area contributed by atoms with Gasteiger partial charge < -0.3 is 5.32 Å². The van der Waals surface area contributed by atoms with Crippen LogP contribution in [0.1, 0.15) is 28.8 Å². The van der Waals surface area contributed by atoms with Crippen LogP contribution in [0.15, 0.2) is 51.8 Å². The topological polar surface area (TPSA) is 92.5 Å². The van der Waals surface area contributed by atoms with Crippen molar-refractivity contribution in [3.63, 3.8) is 0 Å². The first-order chi connectivity index (χ1) is 13.2. The van der Waals surface area contributed by atoms with E-state index in [1.165, 1.54) is 23.8 Å². The number of hydrogen-bond acceptors (Lipinski definition) is 4. The largest absolute Gasteiger partial charge is 0.349 e. The molecule has 1 heterocycles. The third kappa shape index (κ3) is 5.55. The smallest absolute Gasteiger partial charge is 0.252 e. The molecule has 0 atom stereocenters. The van der Waals surface area contributed by atoms with Crippen molar-refractivity contribution in [1.82, 2.24) is 10.2 Å². The summed E-state index contributed by atoms with van der Waals surface area (Å²) in [5.41, 5.74) is 1.46. The van der Waals surface area contributed by atoms with E-state index in [-0.39, 0.29) is 22.4 Å². The van der Waals surface area contributed by atoms with Crippen molar-refractivity contribution >= 4 is 43.5 Å². The molecule has 0 unspecified atom stereocenters. The number of benzene rings is 2. The molecule has 1 saturated heterocycles. The Labute approximate surface area is 178 Å². The fourth-order valence-corrected chi connectivity index (χ4v) is 4.29. The van der Waals surface area contributed by atoms with Gasteiger partial charge in [-0.1, -0.05) is 23.7 Å². The summed E-state index contributed by atoms with van der Waals surface area (Å²) in [4.78, 5) is 14.9. The van der Waals surface area contributed by atoms with Gasteiger partial charge in [-0.2, -0.15) is 0 Å². The van der Waals surface area contributed by atoms with Gasteiger partial charge in [-0.15, -0.1) is 0 Å². The predicted octanol–water partition coefficient (Wildman–Crippen LogP) is 3.14. The van der Waals surface area contributed by atoms with E-state index in [1.807, 2.05) is 24.3 Å². The average Bonchev–Trinajstić information content (AvgIpc) is 2.64. The highest BCUT2D eigenvalue weighted by atomic mass is 79.9. The summed E-state index contributed by atoms with van der Waals surface area (Å²) < 4.78 is 23.6. The molecule has 0 spiro atoms. The van der Waals surface area contributed by atoms with E-state index in [1.54, 1.807) is 0 Å². The molecule has 1 amide bonds. The fourth-order valence-electron chi connectivity index (χ4n) is 3.20. The standard InChI is InChI=1S/C19H21BrClN3O3S/c20-18-6-5-16(28(22,26)27)11-17(18)19(25)23-15-7-9-24(10-8-15)12-13-1-3-14(21)4-2-13/h1-6,11,15H,7-10,12H2,(H,23,25)(H2,22,26,27). The van der Waals surface area contributed by atoms with E-state index in [4.69, 9.17) is 16.7 Å². The number of carbonyl (C=O) groups is 1. The third-order valence-electron chi connectivity index (χ3n) is 4.75. The van der Waals surface area contributed by atoms with Crippen LogP contribution in [0.25, 0.3) is 0 Å². The van der Waals surface area contributed by atoms with Crippen LogP contribution in [0.2, 0.25) is 5.02 Å². The highest BCUT2D eigenvalue weighted by Gasteiger charge is 2.23. The Bertz CT molecular complexity index is 959. The minimum absolute atomic E-state index is 0.0407. The Hall–Kier alpha value is -1.45. The number of amides is 1. The number of rotatable bonds is 5. The average molecular weight is 487 g/mol. The number of halogens is 2. The molecule has 9 heteroatoms. The Morgan fingerprint density at radius 3 is 2.43 bits per heavy atom. The molecule has 150 valence electrons. The van der Waals surface area contributed by atoms with Crippen molar-refractivity contribution in [3.8, 4) is 0 Å². The molecule has 3 rings (SSSR count). The van der Waals surface area contributed by atoms with Crippen LogP contribution in [-0.4, -0.2) is 38.4 Å². The SMILES string of the molecule is NS(=O)(=O)c1ccc(Br)c(C(=O)NC2CCN(Cc3ccc(Cl)cc3)CC2)c1. The molecule has 0 saturated carbocycles. The summed E-state index contributed by atoms with van der Waals surface area (Å²) in [5, 5.41) is 8.88. The molecule has 3 N–H and O–H groups in total. The van der Waals surface area contributed by atoms with E-state index in [0.717, 1.165) is 37.5 Å². The Morgan fingerprint density at radius 2 is 1.82 bits per heavy atom. The van der Waals surface area contributed by atoms with Gasteiger partial charge in [0.15, 0.2) is 0 Å². The first-order valence-electron chi connectivity index (χ1n) is 8.82. The number of nitrogens with one attached hydrogen (secondary N) is 1. The van der Waals surface area contributed by atoms with Gasteiger partial charge in [0.05, 0.1) is 10.5 Å². The maximum atomic E-state index is 12.6. The molecule has 1 aliphatic rings. The zero-order valence-electron chi connectivity index (χ0n) is 15.1. The normalized spacial score (nSPS) is 16.1. The van der Waals surface area contributed by atoms with Crippen LogP contribution in [-0.2, 0) is 16.6 Å². The Balaban J connectivity index is 1.57. The zero-order valence-corrected chi connectivity index (χ0v) is 18.2. The molecule has 0 aliphatic carbocycles. The molecule has 0 radical (unpaired) electrons. The van der Waals surface area contributed by atoms with Crippen LogP contribution in [0.5, 0.6) is 0 Å². The Morgan fingerprint density at radius 1 is 1.18 bits per heavy atom. The lowest BCUT2D eigenvalue weighted by atomic mass is 10.0. The molecule has 6 nitrogen and oxygen atoms in total. The van der Waals surface area contributed by atoms with E-state index in [0.29, 0.717) is 4.47 Å². The van der Waals surface area contributed by atoms with E-state index in [2.05, 4.69) is 26.1 Å². The summed E-state index contributed by atoms with van der Waals surface area (Å²) in [7, 11) is -3.86. The number of carbonyl (C=O) groups excluding carboxylic acids is 1. The number of likely N-dealkylation sites (tertiary alicyclic amines) is 1. The Kier molecular flexibility index (Phi) is 6.77. The summed E-state index contributed by atoms with van der Waals surface area (Å²) >= 11 is 9.22. The van der Waals surface area contributed by atoms with E-state index >= 15 is 0 Å². The first kappa shape index (κ1) is 21.3. The minimum Gasteiger partial charge on any atom is -0.349 e. The number of nitrogens with two attached hydrogens (primary N) is 1. The molecule has 1 fully saturated rings. The third-order valence-corrected chi connectivity index (χ3v) is 6.61. The van der Waals surface area contributed by atoms with Gasteiger partial charge in [-0.25, -0.2) is 13.6 Å². The molecular formula is C19H21BrClN3O3S. The second-order valence-corrected chi connectivity index (χ2v) is 9.69. The highest BCUT2D eigenvalue weighted by Crippen LogP contribution is 2.22. The first-order valence-corrected chi connectivity index (χ1v) is 11.5. The molecular weight excluding hydrogens is 466 g/mol. The fraction of sp³-hybridized carbons (Fsp3) is 0.316. The van der Waals surface area contributed by atoms with Crippen molar-refractivity contribution in [3.05, 3.63) is 63.1 Å². The lowest BCUT2D eigenvalue weighted by molar-refractivity contribution is 0.0908. The molecule has 0 bridgehead atoms. The van der Waals surface area contributed by atoms with Crippen LogP contribution in [0.4, 0.5) is 0 Å². The monoisotopic (exact) mass is 485 g/mol. The number of nitrogens with zero attached hydrogens (tertiary/aromatic N) is 1. The molecule has 0 aromatic heterocycles. The number of sulfonamides is 1. The number of hydrogen-bond donors (Lipinski definition) is 2. The predicted molar refractivity (Wildman–Crippen MR) is 113 cm³/mol. The molecule has 1 aliphatic heterocycles. The van der Waals surface area contributed by atoms with Crippen LogP contribution in [0, 0.1) is 0 Å². The van der Waals surface area contributed by atoms with Gasteiger partial charge in [0.2, 0.25) is 10.0 Å². The van der Waals surface area contributed by atoms with Crippen LogP contribution >= 0.6 is 27.5 Å². The van der Waals surface area contributed by atoms with Gasteiger partial charge in [-0.05, 0) is 64.7 Å². The van der Waals surface area contributed by atoms with E-state index < -0.39 is 10.0 Å². The van der Waals surface area contributed by atoms with Crippen molar-refractivity contribution in [2.75, 3.05) is 13.1 Å². The quantitative estimate of drug-likeness (QED) is 0.679. The lowest BCUT2D eigenvalue weighted by Gasteiger charge is -2.32. The van der Waals surface area contributed by atoms with Crippen molar-refractivity contribution in [2.45, 2.75) is 30.3 Å². The van der Waals surface area contributed by atoms with Gasteiger partial charge in [0, 0.05) is 35.2 Å². The minimum atomic E-state index is -3.86. The molecule has 2 aromatic rings. The van der Waals surface area contributed by atoms with Gasteiger partial charge >= 0.3 is 0 Å². The summed E-state index contributed by atoms with van der Waals surface area (Å²) in [6, 6.07) is 12.0. The van der Waals surface area contributed by atoms with Gasteiger partial charge in [0.25, 0.3) is 5.91 Å². The van der Waals surface area contributed by atoms with Gasteiger partial charge in [0.1, 0.15) is 0 Å². The van der Waals surface area contributed by atoms with Crippen molar-refractivity contribution in [2.24, 2.45) is 5.14 Å². The lowest BCUT2D eigenvalue weighted by Crippen LogP contribution is -2.44. The second kappa shape index (κ2) is 8.92. The summed E-state index contributed by atoms with van der Waals surface area (Å²) in [6.45, 7) is 2.58. The summed E-state index contributed by atoms with van der Waals surface area (Å²) in [5.74, 6) is -0.312. The zero-order chi connectivity index (χ0) is 20.3. The van der Waals surface area contributed by atoms with E-state index in [9.17, 15) is 13.2 Å². The second-order valence-electron chi connectivity index (χ2n) is 6.84.